The van der Waals surface area contributed by atoms with Crippen molar-refractivity contribution >= 4 is 45.1 Å². The fourth-order valence-corrected chi connectivity index (χ4v) is 3.59. The summed E-state index contributed by atoms with van der Waals surface area (Å²) in [5.41, 5.74) is 0.961. The lowest BCUT2D eigenvalue weighted by Gasteiger charge is -2.19. The normalized spacial score (nSPS) is 11.5. The average molecular weight is 453 g/mol. The van der Waals surface area contributed by atoms with Gasteiger partial charge in [-0.05, 0) is 23.1 Å². The summed E-state index contributed by atoms with van der Waals surface area (Å²) >= 11 is 4.89. The number of likely N-dealkylation sites (N-methyl/N-ethyl adjacent to an activating group) is 1. The van der Waals surface area contributed by atoms with Gasteiger partial charge in [-0.1, -0.05) is 40.2 Å². The first-order chi connectivity index (χ1) is 12.9. The van der Waals surface area contributed by atoms with Crippen molar-refractivity contribution in [2.75, 3.05) is 13.7 Å². The van der Waals surface area contributed by atoms with Crippen molar-refractivity contribution in [2.24, 2.45) is 0 Å². The number of thiophene rings is 1. The van der Waals surface area contributed by atoms with Crippen LogP contribution >= 0.6 is 27.3 Å². The van der Waals surface area contributed by atoms with Crippen LogP contribution in [0.15, 0.2) is 46.3 Å². The summed E-state index contributed by atoms with van der Waals surface area (Å²) in [6, 6.07) is 10.8. The van der Waals surface area contributed by atoms with Gasteiger partial charge in [-0.3, -0.25) is 14.4 Å². The van der Waals surface area contributed by atoms with E-state index in [2.05, 4.69) is 21.2 Å². The van der Waals surface area contributed by atoms with Gasteiger partial charge in [-0.2, -0.15) is 0 Å². The number of hydrogen-bond acceptors (Lipinski definition) is 5. The molecule has 0 fully saturated rings. The van der Waals surface area contributed by atoms with Crippen LogP contribution in [0.3, 0.4) is 0 Å². The molecule has 0 aliphatic heterocycles. The molecule has 2 rings (SSSR count). The van der Waals surface area contributed by atoms with Crippen LogP contribution in [0, 0.1) is 0 Å². The maximum atomic E-state index is 12.2. The van der Waals surface area contributed by atoms with E-state index >= 15 is 0 Å². The van der Waals surface area contributed by atoms with Gasteiger partial charge in [0, 0.05) is 29.9 Å². The molecule has 1 N–H and O–H groups in total. The van der Waals surface area contributed by atoms with Gasteiger partial charge in [0.15, 0.2) is 6.61 Å². The van der Waals surface area contributed by atoms with Gasteiger partial charge in [0.1, 0.15) is 0 Å². The third kappa shape index (κ3) is 6.80. The Morgan fingerprint density at radius 3 is 2.59 bits per heavy atom. The number of carbonyl (C=O) groups excluding carboxylic acids is 3. The molecular weight excluding hydrogens is 432 g/mol. The first kappa shape index (κ1) is 21.1. The van der Waals surface area contributed by atoms with Crippen LogP contribution in [-0.2, 0) is 25.7 Å². The summed E-state index contributed by atoms with van der Waals surface area (Å²) in [5, 5.41) is 4.60. The summed E-state index contributed by atoms with van der Waals surface area (Å²) in [5.74, 6) is -1.07. The summed E-state index contributed by atoms with van der Waals surface area (Å²) in [6.07, 6.45) is -0.0265. The van der Waals surface area contributed by atoms with Crippen LogP contribution in [-0.4, -0.2) is 36.3 Å². The lowest BCUT2D eigenvalue weighted by molar-refractivity contribution is -0.152. The minimum Gasteiger partial charge on any atom is -0.455 e. The molecule has 27 heavy (non-hydrogen) atoms. The van der Waals surface area contributed by atoms with Crippen molar-refractivity contribution in [1.82, 2.24) is 10.2 Å². The number of carbonyl (C=O) groups is 3. The number of rotatable bonds is 8. The van der Waals surface area contributed by atoms with Crippen molar-refractivity contribution in [3.05, 3.63) is 56.7 Å². The van der Waals surface area contributed by atoms with Crippen LogP contribution in [0.1, 0.15) is 29.8 Å². The predicted octanol–water partition coefficient (Wildman–Crippen LogP) is 3.28. The molecule has 0 saturated heterocycles. The predicted molar refractivity (Wildman–Crippen MR) is 107 cm³/mol. The number of ether oxygens (including phenoxy) is 1. The Kier molecular flexibility index (Phi) is 7.99. The van der Waals surface area contributed by atoms with Crippen molar-refractivity contribution in [2.45, 2.75) is 25.9 Å². The topological polar surface area (TPSA) is 75.7 Å². The third-order valence-electron chi connectivity index (χ3n) is 3.78. The Morgan fingerprint density at radius 2 is 1.96 bits per heavy atom. The molecule has 0 bridgehead atoms. The van der Waals surface area contributed by atoms with Crippen LogP contribution < -0.4 is 5.32 Å². The van der Waals surface area contributed by atoms with E-state index in [-0.39, 0.29) is 24.8 Å². The lowest BCUT2D eigenvalue weighted by atomic mass is 10.1. The molecule has 6 nitrogen and oxygen atoms in total. The highest BCUT2D eigenvalue weighted by Crippen LogP contribution is 2.22. The van der Waals surface area contributed by atoms with Crippen molar-refractivity contribution < 1.29 is 19.1 Å². The number of hydrogen-bond donors (Lipinski definition) is 1. The largest absolute Gasteiger partial charge is 0.455 e. The van der Waals surface area contributed by atoms with E-state index in [0.29, 0.717) is 6.54 Å². The number of nitrogens with zero attached hydrogens (tertiary/aromatic N) is 1. The molecule has 0 aliphatic carbocycles. The van der Waals surface area contributed by atoms with Gasteiger partial charge in [0.25, 0.3) is 5.91 Å². The van der Waals surface area contributed by atoms with E-state index in [1.807, 2.05) is 41.8 Å². The number of halogens is 1. The van der Waals surface area contributed by atoms with E-state index in [9.17, 15) is 14.4 Å². The molecule has 2 amide bonds. The molecule has 144 valence electrons. The second kappa shape index (κ2) is 10.2. The smallest absolute Gasteiger partial charge is 0.308 e. The van der Waals surface area contributed by atoms with Gasteiger partial charge in [-0.15, -0.1) is 11.3 Å². The first-order valence-corrected chi connectivity index (χ1v) is 9.97. The standard InChI is InChI=1S/C19H21BrN2O4S/c1-13(23)21-16(17-8-5-9-27-17)10-19(25)26-12-18(24)22(2)11-14-6-3-4-7-15(14)20/h3-9,16H,10-12H2,1-2H3,(H,21,23). The van der Waals surface area contributed by atoms with Crippen molar-refractivity contribution in [3.63, 3.8) is 0 Å². The minimum absolute atomic E-state index is 0.0265. The Labute approximate surface area is 170 Å². The van der Waals surface area contributed by atoms with Crippen LogP contribution in [0.4, 0.5) is 0 Å². The van der Waals surface area contributed by atoms with E-state index in [1.165, 1.54) is 23.2 Å². The van der Waals surface area contributed by atoms with Crippen molar-refractivity contribution in [1.29, 1.82) is 0 Å². The minimum atomic E-state index is -0.537. The van der Waals surface area contributed by atoms with Gasteiger partial charge in [0.2, 0.25) is 5.91 Å². The molecule has 1 heterocycles. The Balaban J connectivity index is 1.85. The van der Waals surface area contributed by atoms with Gasteiger partial charge in [-0.25, -0.2) is 0 Å². The zero-order valence-electron chi connectivity index (χ0n) is 15.1. The molecule has 0 spiro atoms. The molecule has 1 unspecified atom stereocenters. The van der Waals surface area contributed by atoms with E-state index < -0.39 is 12.0 Å². The zero-order valence-corrected chi connectivity index (χ0v) is 17.5. The monoisotopic (exact) mass is 452 g/mol. The second-order valence-corrected chi connectivity index (χ2v) is 7.81. The van der Waals surface area contributed by atoms with Gasteiger partial charge in [0.05, 0.1) is 12.5 Å². The van der Waals surface area contributed by atoms with Gasteiger partial charge < -0.3 is 15.0 Å². The van der Waals surface area contributed by atoms with Crippen LogP contribution in [0.5, 0.6) is 0 Å². The SMILES string of the molecule is CC(=O)NC(CC(=O)OCC(=O)N(C)Cc1ccccc1Br)c1cccs1. The van der Waals surface area contributed by atoms with Crippen LogP contribution in [0.25, 0.3) is 0 Å². The maximum absolute atomic E-state index is 12.2. The number of nitrogens with one attached hydrogen (secondary N) is 1. The fourth-order valence-electron chi connectivity index (χ4n) is 2.41. The maximum Gasteiger partial charge on any atom is 0.308 e. The van der Waals surface area contributed by atoms with E-state index in [4.69, 9.17) is 4.74 Å². The fraction of sp³-hybridized carbons (Fsp3) is 0.316. The van der Waals surface area contributed by atoms with E-state index in [0.717, 1.165) is 14.9 Å². The highest BCUT2D eigenvalue weighted by Gasteiger charge is 2.20. The zero-order chi connectivity index (χ0) is 19.8. The van der Waals surface area contributed by atoms with E-state index in [1.54, 1.807) is 7.05 Å². The molecule has 0 saturated carbocycles. The number of amides is 2. The average Bonchev–Trinajstić information content (AvgIpc) is 3.15. The summed E-state index contributed by atoms with van der Waals surface area (Å²) in [4.78, 5) is 38.1. The highest BCUT2D eigenvalue weighted by atomic mass is 79.9. The van der Waals surface area contributed by atoms with Crippen molar-refractivity contribution in [3.8, 4) is 0 Å². The Hall–Kier alpha value is -2.19. The molecule has 2 aromatic rings. The number of esters is 1. The Morgan fingerprint density at radius 1 is 1.22 bits per heavy atom. The highest BCUT2D eigenvalue weighted by molar-refractivity contribution is 9.10. The Bertz CT molecular complexity index is 795. The first-order valence-electron chi connectivity index (χ1n) is 8.30. The summed E-state index contributed by atoms with van der Waals surface area (Å²) < 4.78 is 6.03. The molecule has 1 aromatic carbocycles. The molecule has 0 aliphatic rings. The third-order valence-corrected chi connectivity index (χ3v) is 5.54. The quantitative estimate of drug-likeness (QED) is 0.623. The van der Waals surface area contributed by atoms with Gasteiger partial charge >= 0.3 is 5.97 Å². The second-order valence-electron chi connectivity index (χ2n) is 5.97. The summed E-state index contributed by atoms with van der Waals surface area (Å²) in [6.45, 7) is 1.46. The molecule has 8 heteroatoms. The molecule has 1 aromatic heterocycles. The number of benzene rings is 1. The summed E-state index contributed by atoms with van der Waals surface area (Å²) in [7, 11) is 1.65. The van der Waals surface area contributed by atoms with Crippen LogP contribution in [0.2, 0.25) is 0 Å². The lowest BCUT2D eigenvalue weighted by Crippen LogP contribution is -2.32. The molecule has 0 radical (unpaired) electrons. The molecular formula is C19H21BrN2O4S. The molecule has 1 atom stereocenters.